The second-order valence-corrected chi connectivity index (χ2v) is 9.79. The standard InChI is InChI=1S/C20H21Cl2N3O5S/c1-13(19(26)24-18-17(22)11-15(21)12-23-18)30-20(27)14-5-7-16(8-6-14)31(28,29)25-9-3-2-4-10-25/h5-8,11-13H,2-4,9-10H2,1H3,(H,23,24,26). The molecular formula is C20H21Cl2N3O5S. The lowest BCUT2D eigenvalue weighted by molar-refractivity contribution is -0.123. The molecule has 0 radical (unpaired) electrons. The Morgan fingerprint density at radius 1 is 1.13 bits per heavy atom. The van der Waals surface area contributed by atoms with Gasteiger partial charge in [0.05, 0.1) is 20.5 Å². The van der Waals surface area contributed by atoms with E-state index in [-0.39, 0.29) is 21.3 Å². The van der Waals surface area contributed by atoms with Gasteiger partial charge in [-0.15, -0.1) is 0 Å². The second-order valence-electron chi connectivity index (χ2n) is 7.01. The van der Waals surface area contributed by atoms with Gasteiger partial charge < -0.3 is 10.1 Å². The fourth-order valence-electron chi connectivity index (χ4n) is 3.02. The summed E-state index contributed by atoms with van der Waals surface area (Å²) in [6.45, 7) is 2.38. The minimum Gasteiger partial charge on any atom is -0.449 e. The summed E-state index contributed by atoms with van der Waals surface area (Å²) in [4.78, 5) is 28.7. The van der Waals surface area contributed by atoms with E-state index in [1.807, 2.05) is 0 Å². The van der Waals surface area contributed by atoms with Gasteiger partial charge in [-0.3, -0.25) is 4.79 Å². The SMILES string of the molecule is CC(OC(=O)c1ccc(S(=O)(=O)N2CCCCC2)cc1)C(=O)Nc1ncc(Cl)cc1Cl. The van der Waals surface area contributed by atoms with Crippen LogP contribution in [0.1, 0.15) is 36.5 Å². The van der Waals surface area contributed by atoms with Crippen LogP contribution in [0, 0.1) is 0 Å². The molecule has 2 aromatic rings. The van der Waals surface area contributed by atoms with Crippen LogP contribution >= 0.6 is 23.2 Å². The smallest absolute Gasteiger partial charge is 0.338 e. The number of nitrogens with zero attached hydrogens (tertiary/aromatic N) is 2. The number of pyridine rings is 1. The number of esters is 1. The third-order valence-corrected chi connectivity index (χ3v) is 7.15. The van der Waals surface area contributed by atoms with Gasteiger partial charge in [0.2, 0.25) is 10.0 Å². The van der Waals surface area contributed by atoms with Crippen molar-refractivity contribution in [3.63, 3.8) is 0 Å². The van der Waals surface area contributed by atoms with Gasteiger partial charge in [-0.05, 0) is 50.1 Å². The number of hydrogen-bond acceptors (Lipinski definition) is 6. The van der Waals surface area contributed by atoms with Gasteiger partial charge in [0.15, 0.2) is 11.9 Å². The molecule has 1 amide bonds. The number of rotatable bonds is 6. The minimum atomic E-state index is -3.59. The van der Waals surface area contributed by atoms with Crippen molar-refractivity contribution >= 4 is 50.9 Å². The topological polar surface area (TPSA) is 106 Å². The average molecular weight is 486 g/mol. The van der Waals surface area contributed by atoms with Crippen LogP contribution in [-0.4, -0.2) is 48.8 Å². The maximum Gasteiger partial charge on any atom is 0.338 e. The highest BCUT2D eigenvalue weighted by atomic mass is 35.5. The first kappa shape index (κ1) is 23.5. The first-order valence-corrected chi connectivity index (χ1v) is 11.8. The lowest BCUT2D eigenvalue weighted by atomic mass is 10.2. The van der Waals surface area contributed by atoms with Gasteiger partial charge in [-0.25, -0.2) is 18.2 Å². The van der Waals surface area contributed by atoms with Crippen molar-refractivity contribution in [1.82, 2.24) is 9.29 Å². The molecule has 1 aromatic heterocycles. The number of hydrogen-bond donors (Lipinski definition) is 1. The molecule has 0 saturated carbocycles. The molecule has 1 fully saturated rings. The number of piperidine rings is 1. The number of carbonyl (C=O) groups is 2. The fourth-order valence-corrected chi connectivity index (χ4v) is 4.97. The van der Waals surface area contributed by atoms with Gasteiger partial charge in [-0.1, -0.05) is 29.6 Å². The molecule has 0 aliphatic carbocycles. The summed E-state index contributed by atoms with van der Waals surface area (Å²) >= 11 is 11.7. The van der Waals surface area contributed by atoms with E-state index in [2.05, 4.69) is 10.3 Å². The fraction of sp³-hybridized carbons (Fsp3) is 0.350. The van der Waals surface area contributed by atoms with Crippen molar-refractivity contribution in [3.05, 3.63) is 52.1 Å². The zero-order valence-electron chi connectivity index (χ0n) is 16.7. The summed E-state index contributed by atoms with van der Waals surface area (Å²) in [5.41, 5.74) is 0.125. The molecule has 2 heterocycles. The Bertz CT molecular complexity index is 1070. The van der Waals surface area contributed by atoms with Gasteiger partial charge in [0.25, 0.3) is 5.91 Å². The summed E-state index contributed by atoms with van der Waals surface area (Å²) in [5.74, 6) is -1.31. The molecule has 1 unspecified atom stereocenters. The van der Waals surface area contributed by atoms with Gasteiger partial charge in [0, 0.05) is 19.3 Å². The number of halogens is 2. The van der Waals surface area contributed by atoms with Gasteiger partial charge in [-0.2, -0.15) is 4.31 Å². The summed E-state index contributed by atoms with van der Waals surface area (Å²) in [6, 6.07) is 6.87. The normalized spacial score (nSPS) is 15.8. The molecule has 11 heteroatoms. The van der Waals surface area contributed by atoms with Crippen LogP contribution in [0.15, 0.2) is 41.4 Å². The molecule has 8 nitrogen and oxygen atoms in total. The number of nitrogens with one attached hydrogen (secondary N) is 1. The van der Waals surface area contributed by atoms with Gasteiger partial charge >= 0.3 is 5.97 Å². The maximum atomic E-state index is 12.7. The lowest BCUT2D eigenvalue weighted by Gasteiger charge is -2.25. The molecule has 1 aliphatic rings. The van der Waals surface area contributed by atoms with Crippen LogP contribution < -0.4 is 5.32 Å². The number of amides is 1. The molecule has 1 N–H and O–H groups in total. The third kappa shape index (κ3) is 5.74. The molecule has 166 valence electrons. The Morgan fingerprint density at radius 3 is 2.39 bits per heavy atom. The highest BCUT2D eigenvalue weighted by Crippen LogP contribution is 2.23. The number of sulfonamides is 1. The van der Waals surface area contributed by atoms with Crippen molar-refractivity contribution < 1.29 is 22.7 Å². The molecule has 31 heavy (non-hydrogen) atoms. The van der Waals surface area contributed by atoms with E-state index in [0.717, 1.165) is 19.3 Å². The van der Waals surface area contributed by atoms with E-state index in [9.17, 15) is 18.0 Å². The largest absolute Gasteiger partial charge is 0.449 e. The molecule has 0 bridgehead atoms. The third-order valence-electron chi connectivity index (χ3n) is 4.75. The summed E-state index contributed by atoms with van der Waals surface area (Å²) in [5, 5.41) is 2.91. The van der Waals surface area contributed by atoms with E-state index in [1.54, 1.807) is 0 Å². The molecule has 1 saturated heterocycles. The molecule has 1 atom stereocenters. The Hall–Kier alpha value is -2.20. The maximum absolute atomic E-state index is 12.7. The van der Waals surface area contributed by atoms with Crippen LogP contribution in [0.25, 0.3) is 0 Å². The Morgan fingerprint density at radius 2 is 1.77 bits per heavy atom. The van der Waals surface area contributed by atoms with E-state index >= 15 is 0 Å². The average Bonchev–Trinajstić information content (AvgIpc) is 2.76. The van der Waals surface area contributed by atoms with E-state index in [0.29, 0.717) is 18.1 Å². The Kier molecular flexibility index (Phi) is 7.53. The highest BCUT2D eigenvalue weighted by molar-refractivity contribution is 7.89. The zero-order chi connectivity index (χ0) is 22.6. The van der Waals surface area contributed by atoms with Crippen LogP contribution in [0.3, 0.4) is 0 Å². The number of benzene rings is 1. The van der Waals surface area contributed by atoms with Crippen LogP contribution in [0.2, 0.25) is 10.0 Å². The predicted octanol–water partition coefficient (Wildman–Crippen LogP) is 3.75. The molecule has 1 aliphatic heterocycles. The van der Waals surface area contributed by atoms with Gasteiger partial charge in [0.1, 0.15) is 0 Å². The van der Waals surface area contributed by atoms with Crippen LogP contribution in [0.4, 0.5) is 5.82 Å². The number of anilines is 1. The highest BCUT2D eigenvalue weighted by Gasteiger charge is 2.26. The Balaban J connectivity index is 1.62. The lowest BCUT2D eigenvalue weighted by Crippen LogP contribution is -2.35. The number of ether oxygens (including phenoxy) is 1. The van der Waals surface area contributed by atoms with Crippen LogP contribution in [0.5, 0.6) is 0 Å². The number of aromatic nitrogens is 1. The molecular weight excluding hydrogens is 465 g/mol. The second kappa shape index (κ2) is 9.95. The van der Waals surface area contributed by atoms with E-state index < -0.39 is 28.0 Å². The number of carbonyl (C=O) groups excluding carboxylic acids is 2. The van der Waals surface area contributed by atoms with Crippen molar-refractivity contribution in [3.8, 4) is 0 Å². The van der Waals surface area contributed by atoms with E-state index in [1.165, 1.54) is 47.8 Å². The summed E-state index contributed by atoms with van der Waals surface area (Å²) < 4.78 is 32.0. The monoisotopic (exact) mass is 485 g/mol. The van der Waals surface area contributed by atoms with Crippen molar-refractivity contribution in [2.45, 2.75) is 37.2 Å². The summed E-state index contributed by atoms with van der Waals surface area (Å²) in [7, 11) is -3.59. The predicted molar refractivity (Wildman–Crippen MR) is 117 cm³/mol. The minimum absolute atomic E-state index is 0.0891. The summed E-state index contributed by atoms with van der Waals surface area (Å²) in [6.07, 6.45) is 2.86. The molecule has 1 aromatic carbocycles. The van der Waals surface area contributed by atoms with Crippen LogP contribution in [-0.2, 0) is 19.6 Å². The molecule has 0 spiro atoms. The van der Waals surface area contributed by atoms with E-state index in [4.69, 9.17) is 27.9 Å². The Labute approximate surface area is 190 Å². The molecule has 3 rings (SSSR count). The quantitative estimate of drug-likeness (QED) is 0.624. The van der Waals surface area contributed by atoms with Crippen molar-refractivity contribution in [2.75, 3.05) is 18.4 Å². The van der Waals surface area contributed by atoms with Crippen molar-refractivity contribution in [1.29, 1.82) is 0 Å². The zero-order valence-corrected chi connectivity index (χ0v) is 19.0. The first-order valence-electron chi connectivity index (χ1n) is 9.61. The first-order chi connectivity index (χ1) is 14.7. The van der Waals surface area contributed by atoms with Crippen molar-refractivity contribution in [2.24, 2.45) is 0 Å².